The van der Waals surface area contributed by atoms with E-state index in [-0.39, 0.29) is 5.02 Å². The monoisotopic (exact) mass is 351 g/mol. The molecule has 2 rings (SSSR count). The summed E-state index contributed by atoms with van der Waals surface area (Å²) in [5.41, 5.74) is 1.55. The first-order chi connectivity index (χ1) is 11.5. The van der Waals surface area contributed by atoms with Crippen molar-refractivity contribution in [2.24, 2.45) is 0 Å². The molecule has 0 aromatic heterocycles. The number of rotatable bonds is 6. The van der Waals surface area contributed by atoms with Gasteiger partial charge in [0.25, 0.3) is 5.91 Å². The van der Waals surface area contributed by atoms with E-state index in [1.807, 2.05) is 0 Å². The number of nitrogens with one attached hydrogen (secondary N) is 1. The van der Waals surface area contributed by atoms with E-state index in [0.29, 0.717) is 17.9 Å². The Balaban J connectivity index is 1.86. The summed E-state index contributed by atoms with van der Waals surface area (Å²) in [7, 11) is 1.58. The van der Waals surface area contributed by atoms with Gasteiger partial charge in [-0.1, -0.05) is 23.7 Å². The molecule has 0 fully saturated rings. The van der Waals surface area contributed by atoms with Gasteiger partial charge in [-0.25, -0.2) is 9.18 Å². The van der Waals surface area contributed by atoms with Crippen molar-refractivity contribution < 1.29 is 23.5 Å². The number of ether oxygens (including phenoxy) is 2. The fourth-order valence-electron chi connectivity index (χ4n) is 1.89. The van der Waals surface area contributed by atoms with Gasteiger partial charge in [-0.05, 0) is 35.9 Å². The number of hydrogen-bond acceptors (Lipinski definition) is 4. The highest BCUT2D eigenvalue weighted by molar-refractivity contribution is 6.31. The minimum Gasteiger partial charge on any atom is -0.452 e. The van der Waals surface area contributed by atoms with Crippen LogP contribution in [0.25, 0.3) is 0 Å². The zero-order valence-electron chi connectivity index (χ0n) is 12.8. The van der Waals surface area contributed by atoms with E-state index in [4.69, 9.17) is 21.1 Å². The van der Waals surface area contributed by atoms with Crippen molar-refractivity contribution in [3.63, 3.8) is 0 Å². The van der Waals surface area contributed by atoms with Crippen LogP contribution in [0.1, 0.15) is 15.9 Å². The van der Waals surface area contributed by atoms with E-state index in [2.05, 4.69) is 5.32 Å². The van der Waals surface area contributed by atoms with Crippen molar-refractivity contribution in [1.82, 2.24) is 0 Å². The molecule has 0 atom stereocenters. The molecule has 1 N–H and O–H groups in total. The number of benzene rings is 2. The van der Waals surface area contributed by atoms with Crippen molar-refractivity contribution in [3.8, 4) is 0 Å². The van der Waals surface area contributed by atoms with Crippen LogP contribution in [0.4, 0.5) is 10.1 Å². The predicted molar refractivity (Wildman–Crippen MR) is 87.5 cm³/mol. The van der Waals surface area contributed by atoms with Gasteiger partial charge in [-0.15, -0.1) is 0 Å². The molecule has 126 valence electrons. The van der Waals surface area contributed by atoms with Crippen LogP contribution in [-0.2, 0) is 20.9 Å². The minimum absolute atomic E-state index is 0.110. The third-order valence-electron chi connectivity index (χ3n) is 3.04. The summed E-state index contributed by atoms with van der Waals surface area (Å²) in [5.74, 6) is -1.76. The quantitative estimate of drug-likeness (QED) is 0.810. The van der Waals surface area contributed by atoms with Crippen molar-refractivity contribution in [2.75, 3.05) is 19.0 Å². The topological polar surface area (TPSA) is 64.6 Å². The fraction of sp³-hybridized carbons (Fsp3) is 0.176. The van der Waals surface area contributed by atoms with Crippen LogP contribution < -0.4 is 5.32 Å². The number of methoxy groups -OCH3 is 1. The van der Waals surface area contributed by atoms with Gasteiger partial charge in [0.2, 0.25) is 0 Å². The molecule has 0 saturated carbocycles. The van der Waals surface area contributed by atoms with Crippen LogP contribution in [-0.4, -0.2) is 25.6 Å². The molecule has 0 spiro atoms. The number of hydrogen-bond donors (Lipinski definition) is 1. The third-order valence-corrected chi connectivity index (χ3v) is 3.33. The van der Waals surface area contributed by atoms with Gasteiger partial charge in [0.1, 0.15) is 5.82 Å². The summed E-state index contributed by atoms with van der Waals surface area (Å²) in [5, 5.41) is 2.35. The van der Waals surface area contributed by atoms with E-state index in [0.717, 1.165) is 11.6 Å². The largest absolute Gasteiger partial charge is 0.452 e. The molecule has 0 saturated heterocycles. The van der Waals surface area contributed by atoms with Crippen LogP contribution in [0.15, 0.2) is 42.5 Å². The Bertz CT molecular complexity index is 734. The van der Waals surface area contributed by atoms with E-state index >= 15 is 0 Å². The molecule has 0 heterocycles. The van der Waals surface area contributed by atoms with Gasteiger partial charge >= 0.3 is 5.97 Å². The Hall–Kier alpha value is -2.44. The lowest BCUT2D eigenvalue weighted by Crippen LogP contribution is -2.21. The Labute approximate surface area is 143 Å². The van der Waals surface area contributed by atoms with E-state index < -0.39 is 24.3 Å². The minimum atomic E-state index is -0.619. The molecule has 24 heavy (non-hydrogen) atoms. The number of halogens is 2. The molecule has 2 aromatic carbocycles. The molecule has 0 aliphatic carbocycles. The number of carbonyl (C=O) groups is 2. The second-order valence-corrected chi connectivity index (χ2v) is 5.29. The highest BCUT2D eigenvalue weighted by atomic mass is 35.5. The summed E-state index contributed by atoms with van der Waals surface area (Å²) in [6.45, 7) is -0.0222. The van der Waals surface area contributed by atoms with Crippen LogP contribution in [0, 0.1) is 5.82 Å². The Kier molecular flexibility index (Phi) is 6.28. The zero-order chi connectivity index (χ0) is 17.5. The van der Waals surface area contributed by atoms with Crippen molar-refractivity contribution >= 4 is 29.2 Å². The van der Waals surface area contributed by atoms with Gasteiger partial charge in [-0.3, -0.25) is 4.79 Å². The summed E-state index contributed by atoms with van der Waals surface area (Å²) >= 11 is 5.62. The zero-order valence-corrected chi connectivity index (χ0v) is 13.6. The van der Waals surface area contributed by atoms with Gasteiger partial charge < -0.3 is 14.8 Å². The maximum absolute atomic E-state index is 13.0. The van der Waals surface area contributed by atoms with Crippen LogP contribution in [0.5, 0.6) is 0 Å². The average Bonchev–Trinajstić information content (AvgIpc) is 2.57. The maximum Gasteiger partial charge on any atom is 0.338 e. The molecule has 2 aromatic rings. The standard InChI is InChI=1S/C17H15ClFNO4/c1-23-9-11-2-4-12(5-3-11)17(22)24-10-16(21)20-13-6-7-15(19)14(18)8-13/h2-8H,9-10H2,1H3,(H,20,21). The fourth-order valence-corrected chi connectivity index (χ4v) is 2.07. The molecule has 0 aliphatic heterocycles. The first-order valence-electron chi connectivity index (χ1n) is 6.99. The van der Waals surface area contributed by atoms with E-state index in [1.165, 1.54) is 12.1 Å². The summed E-state index contributed by atoms with van der Waals surface area (Å²) in [6, 6.07) is 10.4. The number of carbonyl (C=O) groups excluding carboxylic acids is 2. The third kappa shape index (κ3) is 5.04. The van der Waals surface area contributed by atoms with Crippen molar-refractivity contribution in [3.05, 3.63) is 64.4 Å². The summed E-state index contributed by atoms with van der Waals surface area (Å²) < 4.78 is 22.9. The molecule has 0 aliphatic rings. The molecule has 7 heteroatoms. The molecule has 0 bridgehead atoms. The molecule has 0 unspecified atom stereocenters. The number of anilines is 1. The Morgan fingerprint density at radius 1 is 1.17 bits per heavy atom. The average molecular weight is 352 g/mol. The highest BCUT2D eigenvalue weighted by Crippen LogP contribution is 2.19. The normalized spacial score (nSPS) is 10.3. The number of esters is 1. The number of amides is 1. The lowest BCUT2D eigenvalue weighted by molar-refractivity contribution is -0.119. The summed E-state index contributed by atoms with van der Waals surface area (Å²) in [4.78, 5) is 23.6. The van der Waals surface area contributed by atoms with Crippen molar-refractivity contribution in [1.29, 1.82) is 0 Å². The first-order valence-corrected chi connectivity index (χ1v) is 7.37. The van der Waals surface area contributed by atoms with Gasteiger partial charge in [0.15, 0.2) is 6.61 Å². The van der Waals surface area contributed by atoms with E-state index in [9.17, 15) is 14.0 Å². The molecule has 5 nitrogen and oxygen atoms in total. The van der Waals surface area contributed by atoms with Gasteiger partial charge in [0.05, 0.1) is 17.2 Å². The SMILES string of the molecule is COCc1ccc(C(=O)OCC(=O)Nc2ccc(F)c(Cl)c2)cc1. The first kappa shape index (κ1) is 17.9. The lowest BCUT2D eigenvalue weighted by Gasteiger charge is -2.07. The van der Waals surface area contributed by atoms with Crippen LogP contribution in [0.3, 0.4) is 0 Å². The second kappa shape index (κ2) is 8.42. The molecule has 0 radical (unpaired) electrons. The second-order valence-electron chi connectivity index (χ2n) is 4.88. The predicted octanol–water partition coefficient (Wildman–Crippen LogP) is 3.42. The molecular weight excluding hydrogens is 337 g/mol. The Morgan fingerprint density at radius 3 is 2.50 bits per heavy atom. The Morgan fingerprint density at radius 2 is 1.88 bits per heavy atom. The maximum atomic E-state index is 13.0. The highest BCUT2D eigenvalue weighted by Gasteiger charge is 2.11. The van der Waals surface area contributed by atoms with Crippen molar-refractivity contribution in [2.45, 2.75) is 6.61 Å². The molecular formula is C17H15ClFNO4. The molecule has 1 amide bonds. The van der Waals surface area contributed by atoms with Gasteiger partial charge in [0, 0.05) is 12.8 Å². The lowest BCUT2D eigenvalue weighted by atomic mass is 10.1. The van der Waals surface area contributed by atoms with E-state index in [1.54, 1.807) is 31.4 Å². The smallest absolute Gasteiger partial charge is 0.338 e. The summed E-state index contributed by atoms with van der Waals surface area (Å²) in [6.07, 6.45) is 0. The van der Waals surface area contributed by atoms with Gasteiger partial charge in [-0.2, -0.15) is 0 Å². The van der Waals surface area contributed by atoms with Crippen LogP contribution in [0.2, 0.25) is 5.02 Å². The van der Waals surface area contributed by atoms with Crippen LogP contribution >= 0.6 is 11.6 Å².